The van der Waals surface area contributed by atoms with Crippen LogP contribution in [-0.4, -0.2) is 9.91 Å². The molecule has 0 unspecified atom stereocenters. The smallest absolute Gasteiger partial charge is 0.325 e. The third-order valence-electron chi connectivity index (χ3n) is 0.992. The summed E-state index contributed by atoms with van der Waals surface area (Å²) in [4.78, 5) is 22.5. The minimum atomic E-state index is -0.661. The van der Waals surface area contributed by atoms with Crippen LogP contribution in [0.25, 0.3) is 0 Å². The summed E-state index contributed by atoms with van der Waals surface area (Å²) in [5, 5.41) is 10.1. The Kier molecular flexibility index (Phi) is 2.04. The van der Waals surface area contributed by atoms with Crippen LogP contribution in [0.4, 0.5) is 5.82 Å². The molecule has 0 aliphatic heterocycles. The van der Waals surface area contributed by atoms with Gasteiger partial charge < -0.3 is 10.1 Å². The number of H-pyrrole nitrogens is 1. The first-order valence-electron chi connectivity index (χ1n) is 2.64. The third kappa shape index (κ3) is 1.87. The molecule has 11 heavy (non-hydrogen) atoms. The highest BCUT2D eigenvalue weighted by Crippen LogP contribution is 2.08. The number of nitrogens with one attached hydrogen (secondary N) is 1. The van der Waals surface area contributed by atoms with Crippen molar-refractivity contribution in [1.29, 1.82) is 0 Å². The lowest BCUT2D eigenvalue weighted by molar-refractivity contribution is -0.389. The second-order valence-corrected chi connectivity index (χ2v) is 2.66. The first-order valence-corrected chi connectivity index (χ1v) is 3.43. The average molecular weight is 219 g/mol. The van der Waals surface area contributed by atoms with E-state index in [1.54, 1.807) is 0 Å². The molecule has 0 fully saturated rings. The Hall–Kier alpha value is -1.17. The molecule has 0 atom stereocenters. The molecule has 1 rings (SSSR count). The zero-order chi connectivity index (χ0) is 8.43. The molecule has 1 heterocycles. The summed E-state index contributed by atoms with van der Waals surface area (Å²) in [5.74, 6) is -0.315. The van der Waals surface area contributed by atoms with Crippen LogP contribution in [0.5, 0.6) is 0 Å². The monoisotopic (exact) mass is 218 g/mol. The standard InChI is InChI=1S/C5H3BrN2O3/c6-4-1-3(9)2-5(7-4)8(10)11/h1-2H,(H,7,9). The van der Waals surface area contributed by atoms with E-state index in [0.29, 0.717) is 4.60 Å². The van der Waals surface area contributed by atoms with Crippen LogP contribution in [0.1, 0.15) is 0 Å². The van der Waals surface area contributed by atoms with Crippen LogP contribution in [0.15, 0.2) is 21.5 Å². The van der Waals surface area contributed by atoms with Crippen molar-refractivity contribution in [1.82, 2.24) is 4.98 Å². The van der Waals surface area contributed by atoms with Gasteiger partial charge in [-0.1, -0.05) is 0 Å². The molecular weight excluding hydrogens is 216 g/mol. The van der Waals surface area contributed by atoms with E-state index in [9.17, 15) is 14.9 Å². The van der Waals surface area contributed by atoms with Gasteiger partial charge in [-0.15, -0.1) is 0 Å². The average Bonchev–Trinajstić information content (AvgIpc) is 1.85. The maximum absolute atomic E-state index is 10.7. The predicted molar refractivity (Wildman–Crippen MR) is 41.4 cm³/mol. The first kappa shape index (κ1) is 7.93. The molecule has 0 spiro atoms. The predicted octanol–water partition coefficient (Wildman–Crippen LogP) is 1.05. The summed E-state index contributed by atoms with van der Waals surface area (Å²) in [6.07, 6.45) is 0. The van der Waals surface area contributed by atoms with Crippen LogP contribution >= 0.6 is 15.9 Å². The second kappa shape index (κ2) is 2.83. The summed E-state index contributed by atoms with van der Waals surface area (Å²) in [6.45, 7) is 0. The van der Waals surface area contributed by atoms with Gasteiger partial charge in [-0.05, 0) is 20.9 Å². The molecule has 0 saturated heterocycles. The fourth-order valence-corrected chi connectivity index (χ4v) is 1.02. The van der Waals surface area contributed by atoms with Crippen molar-refractivity contribution in [2.45, 2.75) is 0 Å². The van der Waals surface area contributed by atoms with E-state index >= 15 is 0 Å². The zero-order valence-corrected chi connectivity index (χ0v) is 6.79. The van der Waals surface area contributed by atoms with Gasteiger partial charge in [-0.3, -0.25) is 4.79 Å². The normalized spacial score (nSPS) is 9.55. The summed E-state index contributed by atoms with van der Waals surface area (Å²) in [6, 6.07) is 2.14. The highest BCUT2D eigenvalue weighted by molar-refractivity contribution is 9.10. The molecule has 5 nitrogen and oxygen atoms in total. The van der Waals surface area contributed by atoms with Crippen molar-refractivity contribution in [3.8, 4) is 0 Å². The van der Waals surface area contributed by atoms with E-state index in [0.717, 1.165) is 6.07 Å². The number of halogens is 1. The highest BCUT2D eigenvalue weighted by Gasteiger charge is 2.05. The molecule has 0 saturated carbocycles. The lowest BCUT2D eigenvalue weighted by Crippen LogP contribution is -2.02. The van der Waals surface area contributed by atoms with Gasteiger partial charge in [0, 0.05) is 6.07 Å². The van der Waals surface area contributed by atoms with E-state index in [2.05, 4.69) is 20.9 Å². The molecular formula is C5H3BrN2O3. The van der Waals surface area contributed by atoms with Gasteiger partial charge >= 0.3 is 5.82 Å². The molecule has 1 N–H and O–H groups in total. The van der Waals surface area contributed by atoms with Gasteiger partial charge in [0.05, 0.1) is 6.07 Å². The van der Waals surface area contributed by atoms with Gasteiger partial charge in [0.1, 0.15) is 0 Å². The number of rotatable bonds is 1. The van der Waals surface area contributed by atoms with Crippen molar-refractivity contribution < 1.29 is 4.92 Å². The minimum Gasteiger partial charge on any atom is -0.358 e. The number of aromatic amines is 1. The Morgan fingerprint density at radius 2 is 2.18 bits per heavy atom. The summed E-state index contributed by atoms with van der Waals surface area (Å²) < 4.78 is 0.303. The van der Waals surface area contributed by atoms with Crippen molar-refractivity contribution in [3.63, 3.8) is 0 Å². The van der Waals surface area contributed by atoms with Crippen molar-refractivity contribution >= 4 is 21.7 Å². The topological polar surface area (TPSA) is 76.0 Å². The van der Waals surface area contributed by atoms with Crippen LogP contribution in [0.3, 0.4) is 0 Å². The summed E-state index contributed by atoms with van der Waals surface area (Å²) in [5.41, 5.74) is -0.401. The minimum absolute atomic E-state index is 0.303. The van der Waals surface area contributed by atoms with E-state index in [-0.39, 0.29) is 5.82 Å². The fourth-order valence-electron chi connectivity index (χ4n) is 0.594. The van der Waals surface area contributed by atoms with E-state index in [1.165, 1.54) is 6.07 Å². The quantitative estimate of drug-likeness (QED) is 0.435. The maximum Gasteiger partial charge on any atom is 0.325 e. The van der Waals surface area contributed by atoms with E-state index in [4.69, 9.17) is 0 Å². The number of hydrogen-bond acceptors (Lipinski definition) is 3. The lowest BCUT2D eigenvalue weighted by Gasteiger charge is -1.92. The largest absolute Gasteiger partial charge is 0.358 e. The molecule has 0 aromatic carbocycles. The van der Waals surface area contributed by atoms with E-state index < -0.39 is 10.4 Å². The third-order valence-corrected chi connectivity index (χ3v) is 1.42. The molecule has 0 radical (unpaired) electrons. The number of nitrogens with zero attached hydrogens (tertiary/aromatic N) is 1. The van der Waals surface area contributed by atoms with Crippen LogP contribution in [0.2, 0.25) is 0 Å². The molecule has 0 aliphatic carbocycles. The Morgan fingerprint density at radius 1 is 1.55 bits per heavy atom. The molecule has 0 bridgehead atoms. The molecule has 1 aromatic rings. The molecule has 0 aliphatic rings. The SMILES string of the molecule is O=c1cc(Br)[nH]c([N+](=O)[O-])c1. The van der Waals surface area contributed by atoms with Crippen LogP contribution < -0.4 is 5.43 Å². The fraction of sp³-hybridized carbons (Fsp3) is 0. The van der Waals surface area contributed by atoms with Crippen molar-refractivity contribution in [3.05, 3.63) is 37.1 Å². The van der Waals surface area contributed by atoms with Gasteiger partial charge in [0.25, 0.3) is 0 Å². The van der Waals surface area contributed by atoms with Gasteiger partial charge in [0.15, 0.2) is 10.0 Å². The number of nitro groups is 1. The van der Waals surface area contributed by atoms with E-state index in [1.807, 2.05) is 0 Å². The summed E-state index contributed by atoms with van der Waals surface area (Å²) >= 11 is 2.92. The molecule has 6 heteroatoms. The Bertz CT molecular complexity index is 346. The van der Waals surface area contributed by atoms with Crippen molar-refractivity contribution in [2.75, 3.05) is 0 Å². The molecule has 58 valence electrons. The highest BCUT2D eigenvalue weighted by atomic mass is 79.9. The molecule has 1 aromatic heterocycles. The summed E-state index contributed by atoms with van der Waals surface area (Å²) in [7, 11) is 0. The maximum atomic E-state index is 10.7. The Balaban J connectivity index is 3.30. The van der Waals surface area contributed by atoms with Crippen LogP contribution in [-0.2, 0) is 0 Å². The van der Waals surface area contributed by atoms with Crippen molar-refractivity contribution in [2.24, 2.45) is 0 Å². The number of pyridine rings is 1. The Morgan fingerprint density at radius 3 is 2.64 bits per heavy atom. The Labute approximate surface area is 69.3 Å². The number of aromatic nitrogens is 1. The first-order chi connectivity index (χ1) is 5.09. The zero-order valence-electron chi connectivity index (χ0n) is 5.20. The van der Waals surface area contributed by atoms with Gasteiger partial charge in [0.2, 0.25) is 0 Å². The lowest BCUT2D eigenvalue weighted by atomic mass is 10.4. The van der Waals surface area contributed by atoms with Gasteiger partial charge in [-0.2, -0.15) is 0 Å². The second-order valence-electron chi connectivity index (χ2n) is 1.81. The molecule has 0 amide bonds. The number of hydrogen-bond donors (Lipinski definition) is 1. The van der Waals surface area contributed by atoms with Crippen LogP contribution in [0, 0.1) is 10.1 Å². The van der Waals surface area contributed by atoms with Gasteiger partial charge in [-0.25, -0.2) is 4.98 Å².